The van der Waals surface area contributed by atoms with Gasteiger partial charge in [0.1, 0.15) is 13.2 Å². The smallest absolute Gasteiger partial charge is 0.361 e. The molecule has 0 aliphatic heterocycles. The van der Waals surface area contributed by atoms with E-state index in [0.717, 1.165) is 83.5 Å². The van der Waals surface area contributed by atoms with Crippen LogP contribution in [0.2, 0.25) is 0 Å². The van der Waals surface area contributed by atoms with Gasteiger partial charge in [0.2, 0.25) is 0 Å². The quantitative estimate of drug-likeness (QED) is 0.0212. The maximum atomic E-state index is 12.8. The first-order valence-corrected chi connectivity index (χ1v) is 24.6. The molecule has 0 heterocycles. The number of carbonyl (C=O) groups is 3. The number of esters is 2. The second-order valence-corrected chi connectivity index (χ2v) is 17.0. The Bertz CT molecular complexity index is 1410. The fourth-order valence-electron chi connectivity index (χ4n) is 5.97. The molecule has 362 valence electrons. The van der Waals surface area contributed by atoms with E-state index >= 15 is 0 Å². The Morgan fingerprint density at radius 2 is 0.906 bits per heavy atom. The Morgan fingerprint density at radius 1 is 0.484 bits per heavy atom. The van der Waals surface area contributed by atoms with Gasteiger partial charge in [0, 0.05) is 12.8 Å². The summed E-state index contributed by atoms with van der Waals surface area (Å²) in [5.41, 5.74) is 0. The summed E-state index contributed by atoms with van der Waals surface area (Å²) in [7, 11) is 5.92. The summed E-state index contributed by atoms with van der Waals surface area (Å²) in [6.07, 6.45) is 58.7. The van der Waals surface area contributed by atoms with Gasteiger partial charge < -0.3 is 28.5 Å². The number of unbranched alkanes of at least 4 members (excludes halogenated alkanes) is 10. The van der Waals surface area contributed by atoms with Crippen molar-refractivity contribution in [3.63, 3.8) is 0 Å². The van der Waals surface area contributed by atoms with Crippen molar-refractivity contribution in [1.29, 1.82) is 0 Å². The van der Waals surface area contributed by atoms with Crippen molar-refractivity contribution in [2.45, 2.75) is 174 Å². The molecule has 0 aliphatic rings. The van der Waals surface area contributed by atoms with Gasteiger partial charge in [-0.2, -0.15) is 0 Å². The first-order chi connectivity index (χ1) is 31.1. The van der Waals surface area contributed by atoms with Crippen LogP contribution in [0.1, 0.15) is 162 Å². The van der Waals surface area contributed by atoms with Crippen LogP contribution in [0.15, 0.2) is 109 Å². The van der Waals surface area contributed by atoms with Gasteiger partial charge in [-0.25, -0.2) is 4.79 Å². The molecule has 2 unspecified atom stereocenters. The lowest BCUT2D eigenvalue weighted by Crippen LogP contribution is -2.40. The highest BCUT2D eigenvalue weighted by Gasteiger charge is 2.25. The largest absolute Gasteiger partial charge is 0.477 e. The number of carbonyl (C=O) groups excluding carboxylic acids is 2. The maximum absolute atomic E-state index is 12.8. The van der Waals surface area contributed by atoms with Crippen molar-refractivity contribution in [2.75, 3.05) is 47.5 Å². The molecule has 9 nitrogen and oxygen atoms in total. The number of quaternary nitrogens is 1. The number of carboxylic acids is 1. The molecular weight excluding hydrogens is 803 g/mol. The van der Waals surface area contributed by atoms with Gasteiger partial charge in [-0.1, -0.05) is 162 Å². The lowest BCUT2D eigenvalue weighted by Gasteiger charge is -2.25. The van der Waals surface area contributed by atoms with Crippen LogP contribution in [0.4, 0.5) is 0 Å². The number of ether oxygens (including phenoxy) is 4. The summed E-state index contributed by atoms with van der Waals surface area (Å²) in [5.74, 6) is -2.12. The molecule has 9 heteroatoms. The molecule has 2 atom stereocenters. The van der Waals surface area contributed by atoms with Crippen molar-refractivity contribution >= 4 is 17.9 Å². The van der Waals surface area contributed by atoms with E-state index in [0.29, 0.717) is 30.3 Å². The predicted molar refractivity (Wildman–Crippen MR) is 267 cm³/mol. The summed E-state index contributed by atoms with van der Waals surface area (Å²) in [6.45, 7) is 4.63. The fourth-order valence-corrected chi connectivity index (χ4v) is 5.97. The molecule has 0 aromatic heterocycles. The van der Waals surface area contributed by atoms with E-state index < -0.39 is 24.3 Å². The molecule has 0 bridgehead atoms. The van der Waals surface area contributed by atoms with Crippen LogP contribution in [0.3, 0.4) is 0 Å². The predicted octanol–water partition coefficient (Wildman–Crippen LogP) is 13.6. The van der Waals surface area contributed by atoms with E-state index in [1.165, 1.54) is 32.1 Å². The third-order valence-corrected chi connectivity index (χ3v) is 9.76. The van der Waals surface area contributed by atoms with Crippen LogP contribution in [-0.2, 0) is 33.3 Å². The first kappa shape index (κ1) is 60.0. The van der Waals surface area contributed by atoms with Crippen LogP contribution in [0.5, 0.6) is 0 Å². The van der Waals surface area contributed by atoms with E-state index in [4.69, 9.17) is 18.9 Å². The Kier molecular flexibility index (Phi) is 42.6. The first-order valence-electron chi connectivity index (χ1n) is 24.6. The molecule has 1 N–H and O–H groups in total. The van der Waals surface area contributed by atoms with Gasteiger partial charge in [-0.05, 0) is 96.3 Å². The summed E-state index contributed by atoms with van der Waals surface area (Å²) >= 11 is 0. The van der Waals surface area contributed by atoms with Gasteiger partial charge in [0.15, 0.2) is 6.10 Å². The monoisotopic (exact) mass is 893 g/mol. The van der Waals surface area contributed by atoms with E-state index in [1.54, 1.807) is 0 Å². The van der Waals surface area contributed by atoms with Crippen molar-refractivity contribution < 1.29 is 42.9 Å². The normalized spacial score (nSPS) is 13.8. The van der Waals surface area contributed by atoms with Crippen molar-refractivity contribution in [2.24, 2.45) is 0 Å². The molecule has 0 spiro atoms. The zero-order valence-corrected chi connectivity index (χ0v) is 40.9. The average Bonchev–Trinajstić information content (AvgIpc) is 3.26. The molecule has 0 saturated carbocycles. The Hall–Kier alpha value is -4.05. The van der Waals surface area contributed by atoms with E-state index in [2.05, 4.69) is 123 Å². The second-order valence-electron chi connectivity index (χ2n) is 17.0. The minimum atomic E-state index is -1.54. The number of hydrogen-bond donors (Lipinski definition) is 1. The number of likely N-dealkylation sites (N-methyl/N-ethyl adjacent to an activating group) is 1. The number of rotatable bonds is 43. The number of carboxylic acid groups (broad SMARTS) is 1. The lowest BCUT2D eigenvalue weighted by molar-refractivity contribution is -0.870. The fraction of sp³-hybridized carbons (Fsp3) is 0.618. The third-order valence-electron chi connectivity index (χ3n) is 9.76. The Labute approximate surface area is 390 Å². The van der Waals surface area contributed by atoms with Gasteiger partial charge in [-0.3, -0.25) is 9.59 Å². The van der Waals surface area contributed by atoms with Crippen LogP contribution in [0, 0.1) is 0 Å². The summed E-state index contributed by atoms with van der Waals surface area (Å²) < 4.78 is 22.7. The van der Waals surface area contributed by atoms with Crippen molar-refractivity contribution in [3.05, 3.63) is 109 Å². The summed E-state index contributed by atoms with van der Waals surface area (Å²) in [5, 5.41) is 9.66. The highest BCUT2D eigenvalue weighted by Crippen LogP contribution is 2.11. The van der Waals surface area contributed by atoms with E-state index in [-0.39, 0.29) is 38.6 Å². The third kappa shape index (κ3) is 46.0. The molecule has 0 amide bonds. The molecule has 0 aliphatic carbocycles. The number of aliphatic carboxylic acids is 1. The van der Waals surface area contributed by atoms with Crippen LogP contribution < -0.4 is 0 Å². The zero-order chi connectivity index (χ0) is 47.0. The van der Waals surface area contributed by atoms with E-state index in [9.17, 15) is 19.5 Å². The molecule has 0 radical (unpaired) electrons. The number of nitrogens with zero attached hydrogens (tertiary/aromatic N) is 1. The summed E-state index contributed by atoms with van der Waals surface area (Å²) in [6, 6.07) is 0. The van der Waals surface area contributed by atoms with Gasteiger partial charge in [0.05, 0.1) is 34.4 Å². The summed E-state index contributed by atoms with van der Waals surface area (Å²) in [4.78, 5) is 37.2. The Balaban J connectivity index is 4.54. The zero-order valence-electron chi connectivity index (χ0n) is 40.9. The average molecular weight is 893 g/mol. The van der Waals surface area contributed by atoms with Gasteiger partial charge in [0.25, 0.3) is 6.29 Å². The van der Waals surface area contributed by atoms with Crippen LogP contribution in [0.25, 0.3) is 0 Å². The number of hydrogen-bond acceptors (Lipinski definition) is 7. The SMILES string of the molecule is CC/C=C\C/C=C\C/C=C\C/C=C\C/C=C\C/C=C\C/C=C\CCCC(=O)OC(COC(=O)CCCCCCC/C=C\C/C=C\CCCCCC)COC(OCC[N+](C)(C)C)C(=O)O. The van der Waals surface area contributed by atoms with Gasteiger partial charge in [-0.15, -0.1) is 0 Å². The molecule has 0 aromatic carbocycles. The second kappa shape index (κ2) is 45.5. The molecule has 0 rings (SSSR count). The molecule has 0 fully saturated rings. The molecular formula is C55H90NO8+. The molecule has 0 aromatic rings. The highest BCUT2D eigenvalue weighted by molar-refractivity contribution is 5.71. The van der Waals surface area contributed by atoms with Crippen molar-refractivity contribution in [1.82, 2.24) is 0 Å². The van der Waals surface area contributed by atoms with Crippen LogP contribution in [-0.4, -0.2) is 87.4 Å². The molecule has 64 heavy (non-hydrogen) atoms. The topological polar surface area (TPSA) is 108 Å². The van der Waals surface area contributed by atoms with Gasteiger partial charge >= 0.3 is 17.9 Å². The highest BCUT2D eigenvalue weighted by atomic mass is 16.7. The van der Waals surface area contributed by atoms with Crippen molar-refractivity contribution in [3.8, 4) is 0 Å². The van der Waals surface area contributed by atoms with Crippen LogP contribution >= 0.6 is 0 Å². The Morgan fingerprint density at radius 3 is 1.38 bits per heavy atom. The number of allylic oxidation sites excluding steroid dienone is 18. The maximum Gasteiger partial charge on any atom is 0.361 e. The van der Waals surface area contributed by atoms with E-state index in [1.807, 2.05) is 21.1 Å². The molecule has 0 saturated heterocycles. The standard InChI is InChI=1S/C55H89NO8/c1-6-8-10-12-14-16-18-20-22-24-25-26-27-28-29-30-32-34-36-38-40-42-44-46-53(58)64-51(50-63-55(54(59)60)61-48-47-56(3,4)5)49-62-52(57)45-43-41-39-37-35-33-31-23-21-19-17-15-13-11-9-7-2/h8,10,14,16-17,19-20,22-23,25-26,28-29,31-32,34,38,40,51,55H,6-7,9,11-13,15,18,21,24,27,30,33,35-37,39,41-50H2,1-5H3/p+1/b10-8-,16-14-,19-17-,22-20-,26-25-,29-28-,31-23-,34-32-,40-38-. The minimum Gasteiger partial charge on any atom is -0.477 e. The minimum absolute atomic E-state index is 0.168. The lowest BCUT2D eigenvalue weighted by atomic mass is 10.1.